The third-order valence-electron chi connectivity index (χ3n) is 4.76. The quantitative estimate of drug-likeness (QED) is 0.841. The summed E-state index contributed by atoms with van der Waals surface area (Å²) in [5, 5.41) is 3.22. The van der Waals surface area contributed by atoms with Gasteiger partial charge in [-0.2, -0.15) is 15.0 Å². The molecule has 4 heterocycles. The van der Waals surface area contributed by atoms with Crippen LogP contribution < -0.4 is 15.8 Å². The van der Waals surface area contributed by atoms with E-state index in [1.807, 2.05) is 16.7 Å². The summed E-state index contributed by atoms with van der Waals surface area (Å²) < 4.78 is 1.91. The predicted octanol–water partition coefficient (Wildman–Crippen LogP) is 1.91. The molecule has 4 rings (SSSR count). The standard InChI is InChI=1S/C17H19ClN6O/c1-2-6-19-16-20-15(18)21-17(22-16)23-8-11-7-12(10-23)13-4-3-5-14(25)24(13)9-11/h2-5,11-12H,1,6-10H2,(H,19,20,21,22)/t11-,12-/m0/s1. The van der Waals surface area contributed by atoms with Gasteiger partial charge in [-0.25, -0.2) is 0 Å². The molecule has 1 fully saturated rings. The molecule has 7 nitrogen and oxygen atoms in total. The van der Waals surface area contributed by atoms with Gasteiger partial charge in [0.2, 0.25) is 17.2 Å². The van der Waals surface area contributed by atoms with Crippen LogP contribution in [0.4, 0.5) is 11.9 Å². The number of piperidine rings is 1. The highest BCUT2D eigenvalue weighted by atomic mass is 35.5. The zero-order chi connectivity index (χ0) is 17.4. The second kappa shape index (κ2) is 6.48. The van der Waals surface area contributed by atoms with Crippen molar-refractivity contribution >= 4 is 23.5 Å². The molecule has 8 heteroatoms. The molecule has 2 aliphatic rings. The van der Waals surface area contributed by atoms with E-state index in [0.29, 0.717) is 30.3 Å². The Hall–Kier alpha value is -2.41. The van der Waals surface area contributed by atoms with Crippen LogP contribution in [-0.4, -0.2) is 39.2 Å². The van der Waals surface area contributed by atoms with E-state index in [4.69, 9.17) is 11.6 Å². The fourth-order valence-electron chi connectivity index (χ4n) is 3.78. The van der Waals surface area contributed by atoms with Crippen LogP contribution in [0.1, 0.15) is 18.0 Å². The van der Waals surface area contributed by atoms with Crippen LogP contribution in [0, 0.1) is 5.92 Å². The summed E-state index contributed by atoms with van der Waals surface area (Å²) in [6, 6.07) is 5.51. The number of nitrogens with zero attached hydrogens (tertiary/aromatic N) is 5. The number of halogens is 1. The fraction of sp³-hybridized carbons (Fsp3) is 0.412. The third-order valence-corrected chi connectivity index (χ3v) is 4.93. The number of nitrogens with one attached hydrogen (secondary N) is 1. The fourth-order valence-corrected chi connectivity index (χ4v) is 3.94. The average molecular weight is 359 g/mol. The molecule has 0 amide bonds. The van der Waals surface area contributed by atoms with Crippen molar-refractivity contribution in [3.05, 3.63) is 52.2 Å². The molecule has 0 unspecified atom stereocenters. The minimum absolute atomic E-state index is 0.0831. The topological polar surface area (TPSA) is 75.9 Å². The summed E-state index contributed by atoms with van der Waals surface area (Å²) in [6.07, 6.45) is 2.82. The number of hydrogen-bond acceptors (Lipinski definition) is 6. The van der Waals surface area contributed by atoms with Gasteiger partial charge in [-0.3, -0.25) is 4.79 Å². The van der Waals surface area contributed by atoms with Gasteiger partial charge in [-0.1, -0.05) is 12.1 Å². The molecule has 2 aromatic rings. The van der Waals surface area contributed by atoms with Crippen LogP contribution >= 0.6 is 11.6 Å². The zero-order valence-electron chi connectivity index (χ0n) is 13.7. The summed E-state index contributed by atoms with van der Waals surface area (Å²) in [7, 11) is 0. The molecule has 0 aliphatic carbocycles. The predicted molar refractivity (Wildman–Crippen MR) is 97.3 cm³/mol. The molecule has 0 spiro atoms. The Morgan fingerprint density at radius 1 is 1.28 bits per heavy atom. The maximum atomic E-state index is 12.1. The second-order valence-electron chi connectivity index (χ2n) is 6.50. The van der Waals surface area contributed by atoms with Crippen LogP contribution in [-0.2, 0) is 6.54 Å². The minimum atomic E-state index is 0.0831. The molecule has 2 aliphatic heterocycles. The summed E-state index contributed by atoms with van der Waals surface area (Å²) in [6.45, 7) is 6.54. The third kappa shape index (κ3) is 3.11. The van der Waals surface area contributed by atoms with Crippen LogP contribution in [0.25, 0.3) is 0 Å². The van der Waals surface area contributed by atoms with Gasteiger partial charge in [0.15, 0.2) is 0 Å². The van der Waals surface area contributed by atoms with Crippen LogP contribution in [0.15, 0.2) is 35.6 Å². The Bertz CT molecular complexity index is 866. The minimum Gasteiger partial charge on any atom is -0.351 e. The van der Waals surface area contributed by atoms with Gasteiger partial charge >= 0.3 is 0 Å². The molecular formula is C17H19ClN6O. The lowest BCUT2D eigenvalue weighted by molar-refractivity contribution is 0.279. The maximum absolute atomic E-state index is 12.1. The van der Waals surface area contributed by atoms with Crippen molar-refractivity contribution in [3.63, 3.8) is 0 Å². The Morgan fingerprint density at radius 2 is 2.16 bits per heavy atom. The summed E-state index contributed by atoms with van der Waals surface area (Å²) in [5.74, 6) is 1.71. The molecule has 0 aromatic carbocycles. The molecule has 1 saturated heterocycles. The van der Waals surface area contributed by atoms with Gasteiger partial charge in [-0.05, 0) is 30.0 Å². The molecule has 2 aromatic heterocycles. The monoisotopic (exact) mass is 358 g/mol. The van der Waals surface area contributed by atoms with E-state index in [0.717, 1.165) is 31.7 Å². The largest absolute Gasteiger partial charge is 0.351 e. The van der Waals surface area contributed by atoms with E-state index in [2.05, 4.69) is 31.7 Å². The number of rotatable bonds is 4. The highest BCUT2D eigenvalue weighted by Gasteiger charge is 2.35. The van der Waals surface area contributed by atoms with Crippen molar-refractivity contribution < 1.29 is 0 Å². The molecule has 0 radical (unpaired) electrons. The first-order valence-corrected chi connectivity index (χ1v) is 8.73. The summed E-state index contributed by atoms with van der Waals surface area (Å²) in [5.41, 5.74) is 1.18. The van der Waals surface area contributed by atoms with Gasteiger partial charge in [0.05, 0.1) is 0 Å². The van der Waals surface area contributed by atoms with Gasteiger partial charge < -0.3 is 14.8 Å². The van der Waals surface area contributed by atoms with Crippen LogP contribution in [0.2, 0.25) is 5.28 Å². The Labute approximate surface area is 150 Å². The maximum Gasteiger partial charge on any atom is 0.250 e. The summed E-state index contributed by atoms with van der Waals surface area (Å²) in [4.78, 5) is 27.2. The molecule has 25 heavy (non-hydrogen) atoms. The van der Waals surface area contributed by atoms with E-state index >= 15 is 0 Å². The Morgan fingerprint density at radius 3 is 3.00 bits per heavy atom. The van der Waals surface area contributed by atoms with Crippen molar-refractivity contribution in [1.29, 1.82) is 0 Å². The van der Waals surface area contributed by atoms with Gasteiger partial charge in [0.25, 0.3) is 5.56 Å². The van der Waals surface area contributed by atoms with Gasteiger partial charge in [0.1, 0.15) is 0 Å². The first-order valence-electron chi connectivity index (χ1n) is 8.35. The molecule has 2 bridgehead atoms. The SMILES string of the molecule is C=CCNc1nc(Cl)nc(N2C[C@@H]3C[C@@H](C2)c2cccc(=O)n2C3)n1. The molecule has 0 saturated carbocycles. The summed E-state index contributed by atoms with van der Waals surface area (Å²) >= 11 is 6.07. The van der Waals surface area contributed by atoms with E-state index in [9.17, 15) is 4.79 Å². The molecule has 2 atom stereocenters. The lowest BCUT2D eigenvalue weighted by Gasteiger charge is -2.42. The molecule has 1 N–H and O–H groups in total. The van der Waals surface area contributed by atoms with E-state index in [-0.39, 0.29) is 10.8 Å². The normalized spacial score (nSPS) is 21.6. The lowest BCUT2D eigenvalue weighted by atomic mass is 9.83. The van der Waals surface area contributed by atoms with Crippen molar-refractivity contribution in [1.82, 2.24) is 19.5 Å². The number of hydrogen-bond donors (Lipinski definition) is 1. The lowest BCUT2D eigenvalue weighted by Crippen LogP contribution is -2.47. The van der Waals surface area contributed by atoms with Gasteiger partial charge in [0, 0.05) is 43.9 Å². The highest BCUT2D eigenvalue weighted by molar-refractivity contribution is 6.28. The van der Waals surface area contributed by atoms with Crippen LogP contribution in [0.5, 0.6) is 0 Å². The molecule has 130 valence electrons. The van der Waals surface area contributed by atoms with Crippen molar-refractivity contribution in [2.24, 2.45) is 5.92 Å². The highest BCUT2D eigenvalue weighted by Crippen LogP contribution is 2.36. The smallest absolute Gasteiger partial charge is 0.250 e. The Kier molecular flexibility index (Phi) is 4.17. The first-order chi connectivity index (χ1) is 12.1. The average Bonchev–Trinajstić information content (AvgIpc) is 2.60. The number of anilines is 2. The van der Waals surface area contributed by atoms with Crippen molar-refractivity contribution in [2.45, 2.75) is 18.9 Å². The van der Waals surface area contributed by atoms with Crippen LogP contribution in [0.3, 0.4) is 0 Å². The van der Waals surface area contributed by atoms with E-state index in [1.54, 1.807) is 12.1 Å². The number of aromatic nitrogens is 4. The number of fused-ring (bicyclic) bond motifs is 4. The Balaban J connectivity index is 1.63. The van der Waals surface area contributed by atoms with Crippen molar-refractivity contribution in [3.8, 4) is 0 Å². The van der Waals surface area contributed by atoms with E-state index < -0.39 is 0 Å². The van der Waals surface area contributed by atoms with Crippen molar-refractivity contribution in [2.75, 3.05) is 29.9 Å². The first kappa shape index (κ1) is 16.1. The molecular weight excluding hydrogens is 340 g/mol. The zero-order valence-corrected chi connectivity index (χ0v) is 14.5. The second-order valence-corrected chi connectivity index (χ2v) is 6.84. The van der Waals surface area contributed by atoms with Gasteiger partial charge in [-0.15, -0.1) is 6.58 Å². The van der Waals surface area contributed by atoms with E-state index in [1.165, 1.54) is 0 Å². The number of pyridine rings is 1.